The highest BCUT2D eigenvalue weighted by Crippen LogP contribution is 2.28. The van der Waals surface area contributed by atoms with Crippen LogP contribution in [0.3, 0.4) is 0 Å². The first kappa shape index (κ1) is 9.36. The van der Waals surface area contributed by atoms with Crippen molar-refractivity contribution in [3.05, 3.63) is 6.92 Å². The highest BCUT2D eigenvalue weighted by atomic mass is 32.1. The fourth-order valence-electron chi connectivity index (χ4n) is 1.46. The molecule has 0 spiro atoms. The predicted molar refractivity (Wildman–Crippen MR) is 46.6 cm³/mol. The number of rotatable bonds is 3. The van der Waals surface area contributed by atoms with E-state index in [9.17, 15) is 0 Å². The molecule has 2 radical (unpaired) electrons. The van der Waals surface area contributed by atoms with Crippen LogP contribution >= 0.6 is 12.6 Å². The molecule has 1 saturated heterocycles. The van der Waals surface area contributed by atoms with Gasteiger partial charge in [0.05, 0.1) is 12.2 Å². The first-order chi connectivity index (χ1) is 5.27. The predicted octanol–water partition coefficient (Wildman–Crippen LogP) is 0.783. The molecule has 1 unspecified atom stereocenters. The van der Waals surface area contributed by atoms with Gasteiger partial charge in [0.15, 0.2) is 0 Å². The maximum Gasteiger partial charge on any atom is 0.0637 e. The topological polar surface area (TPSA) is 29.5 Å². The SMILES string of the molecule is [CH]C1C[C@@H](CS)[C@@H](CCO)O1. The molecule has 3 atom stereocenters. The van der Waals surface area contributed by atoms with Crippen LogP contribution in [0.2, 0.25) is 0 Å². The number of hydrogen-bond donors (Lipinski definition) is 2. The van der Waals surface area contributed by atoms with Crippen molar-refractivity contribution in [1.29, 1.82) is 0 Å². The van der Waals surface area contributed by atoms with Crippen molar-refractivity contribution in [1.82, 2.24) is 0 Å². The molecule has 1 aliphatic rings. The van der Waals surface area contributed by atoms with Gasteiger partial charge < -0.3 is 9.84 Å². The number of hydrogen-bond acceptors (Lipinski definition) is 3. The van der Waals surface area contributed by atoms with Crippen LogP contribution in [0.4, 0.5) is 0 Å². The molecule has 0 aromatic carbocycles. The lowest BCUT2D eigenvalue weighted by molar-refractivity contribution is 0.0413. The minimum atomic E-state index is -0.149. The quantitative estimate of drug-likeness (QED) is 0.619. The Labute approximate surface area is 73.4 Å². The standard InChI is InChI=1S/C8H14O2S/c1-6-4-7(5-11)8(10-6)2-3-9/h1,6-9,11H,2-5H2/t6?,7-,8+/m0/s1. The van der Waals surface area contributed by atoms with Crippen LogP contribution in [-0.4, -0.2) is 29.7 Å². The largest absolute Gasteiger partial charge is 0.396 e. The molecule has 0 aliphatic carbocycles. The van der Waals surface area contributed by atoms with E-state index in [1.807, 2.05) is 0 Å². The van der Waals surface area contributed by atoms with Crippen molar-refractivity contribution in [2.75, 3.05) is 12.4 Å². The molecule has 11 heavy (non-hydrogen) atoms. The van der Waals surface area contributed by atoms with E-state index in [1.54, 1.807) is 0 Å². The molecule has 0 amide bonds. The van der Waals surface area contributed by atoms with E-state index in [-0.39, 0.29) is 18.8 Å². The van der Waals surface area contributed by atoms with Crippen LogP contribution in [0.5, 0.6) is 0 Å². The minimum absolute atomic E-state index is 0.118. The van der Waals surface area contributed by atoms with Crippen molar-refractivity contribution < 1.29 is 9.84 Å². The van der Waals surface area contributed by atoms with Gasteiger partial charge in [0.25, 0.3) is 0 Å². The van der Waals surface area contributed by atoms with Gasteiger partial charge in [-0.15, -0.1) is 0 Å². The first-order valence-electron chi connectivity index (χ1n) is 3.90. The lowest BCUT2D eigenvalue weighted by Crippen LogP contribution is -2.18. The van der Waals surface area contributed by atoms with Gasteiger partial charge in [-0.25, -0.2) is 0 Å². The Hall–Kier alpha value is 0.270. The van der Waals surface area contributed by atoms with E-state index in [0.717, 1.165) is 12.2 Å². The second-order valence-corrected chi connectivity index (χ2v) is 3.27. The fourth-order valence-corrected chi connectivity index (χ4v) is 1.85. The summed E-state index contributed by atoms with van der Waals surface area (Å²) in [6.45, 7) is 5.75. The van der Waals surface area contributed by atoms with Crippen molar-refractivity contribution in [2.24, 2.45) is 5.92 Å². The summed E-state index contributed by atoms with van der Waals surface area (Å²) in [6, 6.07) is 0. The smallest absolute Gasteiger partial charge is 0.0637 e. The Kier molecular flexibility index (Phi) is 3.69. The van der Waals surface area contributed by atoms with Gasteiger partial charge >= 0.3 is 0 Å². The molecule has 1 heterocycles. The average Bonchev–Trinajstić information content (AvgIpc) is 2.32. The summed E-state index contributed by atoms with van der Waals surface area (Å²) < 4.78 is 5.37. The minimum Gasteiger partial charge on any atom is -0.396 e. The van der Waals surface area contributed by atoms with E-state index in [1.165, 1.54) is 0 Å². The van der Waals surface area contributed by atoms with Gasteiger partial charge in [0.2, 0.25) is 0 Å². The number of ether oxygens (including phenoxy) is 1. The Balaban J connectivity index is 2.37. The zero-order valence-electron chi connectivity index (χ0n) is 6.44. The zero-order chi connectivity index (χ0) is 8.27. The molecule has 0 bridgehead atoms. The fraction of sp³-hybridized carbons (Fsp3) is 0.875. The van der Waals surface area contributed by atoms with Crippen molar-refractivity contribution in [3.63, 3.8) is 0 Å². The summed E-state index contributed by atoms with van der Waals surface area (Å²) in [5.41, 5.74) is 0. The van der Waals surface area contributed by atoms with Gasteiger partial charge in [-0.3, -0.25) is 0 Å². The molecular weight excluding hydrogens is 160 g/mol. The van der Waals surface area contributed by atoms with Gasteiger partial charge in [-0.2, -0.15) is 12.6 Å². The third-order valence-electron chi connectivity index (χ3n) is 2.06. The van der Waals surface area contributed by atoms with Crippen molar-refractivity contribution >= 4 is 12.6 Å². The molecule has 1 aliphatic heterocycles. The summed E-state index contributed by atoms with van der Waals surface area (Å²) in [7, 11) is 0. The lowest BCUT2D eigenvalue weighted by Gasteiger charge is -2.14. The second-order valence-electron chi connectivity index (χ2n) is 2.90. The number of aliphatic hydroxyl groups excluding tert-OH is 1. The van der Waals surface area contributed by atoms with E-state index in [4.69, 9.17) is 16.8 Å². The Morgan fingerprint density at radius 2 is 2.36 bits per heavy atom. The van der Waals surface area contributed by atoms with E-state index < -0.39 is 0 Å². The normalized spacial score (nSPS) is 37.9. The monoisotopic (exact) mass is 174 g/mol. The van der Waals surface area contributed by atoms with Crippen LogP contribution in [0.25, 0.3) is 0 Å². The summed E-state index contributed by atoms with van der Waals surface area (Å²) in [4.78, 5) is 0. The molecule has 0 aromatic heterocycles. The molecule has 1 N–H and O–H groups in total. The molecule has 0 saturated carbocycles. The van der Waals surface area contributed by atoms with Crippen LogP contribution in [0, 0.1) is 12.8 Å². The maximum absolute atomic E-state index is 8.68. The van der Waals surface area contributed by atoms with Gasteiger partial charge in [0, 0.05) is 6.61 Å². The molecule has 1 fully saturated rings. The molecule has 3 heteroatoms. The highest BCUT2D eigenvalue weighted by Gasteiger charge is 2.31. The second kappa shape index (κ2) is 4.33. The van der Waals surface area contributed by atoms with Crippen LogP contribution in [0.15, 0.2) is 0 Å². The molecule has 2 nitrogen and oxygen atoms in total. The van der Waals surface area contributed by atoms with Crippen molar-refractivity contribution in [2.45, 2.75) is 25.0 Å². The molecule has 0 aromatic rings. The number of thiol groups is 1. The van der Waals surface area contributed by atoms with Crippen LogP contribution in [0.1, 0.15) is 12.8 Å². The van der Waals surface area contributed by atoms with Gasteiger partial charge in [-0.1, -0.05) is 0 Å². The van der Waals surface area contributed by atoms with Crippen molar-refractivity contribution in [3.8, 4) is 0 Å². The zero-order valence-corrected chi connectivity index (χ0v) is 7.33. The summed E-state index contributed by atoms with van der Waals surface area (Å²) in [5.74, 6) is 1.21. The Morgan fingerprint density at radius 1 is 1.64 bits per heavy atom. The maximum atomic E-state index is 8.68. The van der Waals surface area contributed by atoms with E-state index >= 15 is 0 Å². The summed E-state index contributed by atoms with van der Waals surface area (Å²) in [6.07, 6.45) is 1.52. The van der Waals surface area contributed by atoms with Gasteiger partial charge in [-0.05, 0) is 31.4 Å². The average molecular weight is 174 g/mol. The van der Waals surface area contributed by atoms with E-state index in [2.05, 4.69) is 12.6 Å². The highest BCUT2D eigenvalue weighted by molar-refractivity contribution is 7.80. The summed E-state index contributed by atoms with van der Waals surface area (Å²) in [5, 5.41) is 8.68. The third kappa shape index (κ3) is 2.36. The Morgan fingerprint density at radius 3 is 2.91 bits per heavy atom. The lowest BCUT2D eigenvalue weighted by atomic mass is 10.00. The molecule has 64 valence electrons. The molecule has 1 rings (SSSR count). The summed E-state index contributed by atoms with van der Waals surface area (Å²) >= 11 is 4.19. The number of aliphatic hydroxyl groups is 1. The first-order valence-corrected chi connectivity index (χ1v) is 4.54. The van der Waals surface area contributed by atoms with Crippen LogP contribution < -0.4 is 0 Å². The Bertz CT molecular complexity index is 119. The third-order valence-corrected chi connectivity index (χ3v) is 2.53. The van der Waals surface area contributed by atoms with Gasteiger partial charge in [0.1, 0.15) is 0 Å². The molecular formula is C8H14O2S. The van der Waals surface area contributed by atoms with Crippen LogP contribution in [-0.2, 0) is 4.74 Å². The van der Waals surface area contributed by atoms with E-state index in [0.29, 0.717) is 12.3 Å².